The second kappa shape index (κ2) is 8.82. The van der Waals surface area contributed by atoms with Crippen molar-refractivity contribution in [2.75, 3.05) is 33.5 Å². The van der Waals surface area contributed by atoms with Crippen molar-refractivity contribution in [1.29, 1.82) is 0 Å². The average Bonchev–Trinajstić information content (AvgIpc) is 2.42. The first-order valence-corrected chi connectivity index (χ1v) is 5.78. The summed E-state index contributed by atoms with van der Waals surface area (Å²) in [7, 11) is 1.60. The van der Waals surface area contributed by atoms with Crippen molar-refractivity contribution < 1.29 is 19.3 Å². The quantitative estimate of drug-likeness (QED) is 0.602. The normalized spacial score (nSPS) is 12.4. The minimum Gasteiger partial charge on any atom is -0.489 e. The third-order valence-corrected chi connectivity index (χ3v) is 2.19. The van der Waals surface area contributed by atoms with Crippen LogP contribution < -0.4 is 10.5 Å². The Morgan fingerprint density at radius 3 is 2.78 bits per heavy atom. The third-order valence-electron chi connectivity index (χ3n) is 2.19. The van der Waals surface area contributed by atoms with Gasteiger partial charge in [-0.25, -0.2) is 0 Å². The molecule has 1 aromatic rings. The van der Waals surface area contributed by atoms with Crippen LogP contribution in [0.25, 0.3) is 0 Å². The molecule has 0 spiro atoms. The van der Waals surface area contributed by atoms with E-state index in [-0.39, 0.29) is 13.2 Å². The topological polar surface area (TPSA) is 86.8 Å². The van der Waals surface area contributed by atoms with Crippen LogP contribution in [0, 0.1) is 0 Å². The molecule has 1 atom stereocenters. The van der Waals surface area contributed by atoms with Crippen LogP contribution in [0.2, 0.25) is 0 Å². The number of hydrogen-bond acceptors (Lipinski definition) is 6. The van der Waals surface area contributed by atoms with Crippen LogP contribution in [0.1, 0.15) is 5.69 Å². The van der Waals surface area contributed by atoms with Gasteiger partial charge in [0.05, 0.1) is 31.7 Å². The van der Waals surface area contributed by atoms with Crippen LogP contribution >= 0.6 is 0 Å². The van der Waals surface area contributed by atoms with Gasteiger partial charge in [0.2, 0.25) is 0 Å². The molecule has 6 nitrogen and oxygen atoms in total. The largest absolute Gasteiger partial charge is 0.489 e. The molecule has 102 valence electrons. The maximum atomic E-state index is 9.58. The Hall–Kier alpha value is -1.21. The zero-order valence-electron chi connectivity index (χ0n) is 10.5. The molecule has 0 fully saturated rings. The maximum absolute atomic E-state index is 9.58. The van der Waals surface area contributed by atoms with Crippen molar-refractivity contribution >= 4 is 0 Å². The van der Waals surface area contributed by atoms with Crippen LogP contribution in [-0.4, -0.2) is 49.7 Å². The maximum Gasteiger partial charge on any atom is 0.137 e. The number of nitrogens with zero attached hydrogens (tertiary/aromatic N) is 1. The number of aliphatic hydroxyl groups excluding tert-OH is 1. The van der Waals surface area contributed by atoms with Crippen molar-refractivity contribution in [3.05, 3.63) is 24.0 Å². The van der Waals surface area contributed by atoms with Gasteiger partial charge in [-0.2, -0.15) is 0 Å². The van der Waals surface area contributed by atoms with Crippen molar-refractivity contribution in [3.63, 3.8) is 0 Å². The minimum absolute atomic E-state index is 0.163. The van der Waals surface area contributed by atoms with Gasteiger partial charge in [0.15, 0.2) is 0 Å². The highest BCUT2D eigenvalue weighted by Gasteiger charge is 2.05. The SMILES string of the molecule is COCCOCC(O)COc1ccc(CN)nc1. The Balaban J connectivity index is 2.18. The van der Waals surface area contributed by atoms with Gasteiger partial charge < -0.3 is 25.1 Å². The highest BCUT2D eigenvalue weighted by Crippen LogP contribution is 2.09. The predicted molar refractivity (Wildman–Crippen MR) is 66.3 cm³/mol. The number of ether oxygens (including phenoxy) is 3. The molecule has 6 heteroatoms. The standard InChI is InChI=1S/C12H20N2O4/c1-16-4-5-17-8-11(15)9-18-12-3-2-10(6-13)14-7-12/h2-3,7,11,15H,4-6,8-9,13H2,1H3. The van der Waals surface area contributed by atoms with Gasteiger partial charge in [-0.3, -0.25) is 4.98 Å². The van der Waals surface area contributed by atoms with E-state index >= 15 is 0 Å². The molecule has 0 saturated carbocycles. The minimum atomic E-state index is -0.670. The molecule has 0 saturated heterocycles. The van der Waals surface area contributed by atoms with Crippen LogP contribution in [0.4, 0.5) is 0 Å². The van der Waals surface area contributed by atoms with Gasteiger partial charge in [0.25, 0.3) is 0 Å². The zero-order valence-corrected chi connectivity index (χ0v) is 10.5. The molecule has 0 amide bonds. The van der Waals surface area contributed by atoms with Gasteiger partial charge in [0, 0.05) is 13.7 Å². The molecule has 0 bridgehead atoms. The Morgan fingerprint density at radius 1 is 1.33 bits per heavy atom. The summed E-state index contributed by atoms with van der Waals surface area (Å²) in [6, 6.07) is 3.56. The smallest absolute Gasteiger partial charge is 0.137 e. The number of pyridine rings is 1. The summed E-state index contributed by atoms with van der Waals surface area (Å²) in [5, 5.41) is 9.58. The van der Waals surface area contributed by atoms with Crippen molar-refractivity contribution in [3.8, 4) is 5.75 Å². The fourth-order valence-corrected chi connectivity index (χ4v) is 1.22. The fraction of sp³-hybridized carbons (Fsp3) is 0.583. The fourth-order valence-electron chi connectivity index (χ4n) is 1.22. The molecule has 1 aromatic heterocycles. The van der Waals surface area contributed by atoms with E-state index in [1.165, 1.54) is 0 Å². The summed E-state index contributed by atoms with van der Waals surface area (Å²) in [6.45, 7) is 1.75. The lowest BCUT2D eigenvalue weighted by molar-refractivity contribution is -0.00424. The molecule has 0 aromatic carbocycles. The first kappa shape index (κ1) is 14.8. The van der Waals surface area contributed by atoms with E-state index in [4.69, 9.17) is 19.9 Å². The predicted octanol–water partition coefficient (Wildman–Crippen LogP) is -0.0570. The summed E-state index contributed by atoms with van der Waals surface area (Å²) < 4.78 is 15.4. The van der Waals surface area contributed by atoms with Gasteiger partial charge in [-0.15, -0.1) is 0 Å². The van der Waals surface area contributed by atoms with Gasteiger partial charge in [0.1, 0.15) is 18.5 Å². The monoisotopic (exact) mass is 256 g/mol. The molecule has 1 unspecified atom stereocenters. The van der Waals surface area contributed by atoms with E-state index in [1.807, 2.05) is 0 Å². The first-order chi connectivity index (χ1) is 8.76. The number of aromatic nitrogens is 1. The van der Waals surface area contributed by atoms with Crippen molar-refractivity contribution in [2.24, 2.45) is 5.73 Å². The molecule has 1 rings (SSSR count). The molecule has 0 aliphatic rings. The Morgan fingerprint density at radius 2 is 2.17 bits per heavy atom. The average molecular weight is 256 g/mol. The molecule has 3 N–H and O–H groups in total. The van der Waals surface area contributed by atoms with Crippen LogP contribution in [0.15, 0.2) is 18.3 Å². The van der Waals surface area contributed by atoms with Crippen LogP contribution in [-0.2, 0) is 16.0 Å². The highest BCUT2D eigenvalue weighted by molar-refractivity contribution is 5.19. The Kier molecular flexibility index (Phi) is 7.28. The number of methoxy groups -OCH3 is 1. The summed E-state index contributed by atoms with van der Waals surface area (Å²) in [6.07, 6.45) is 0.914. The first-order valence-electron chi connectivity index (χ1n) is 5.78. The number of aliphatic hydroxyl groups is 1. The van der Waals surface area contributed by atoms with E-state index in [0.29, 0.717) is 25.5 Å². The van der Waals surface area contributed by atoms with Crippen molar-refractivity contribution in [2.45, 2.75) is 12.6 Å². The van der Waals surface area contributed by atoms with Crippen LogP contribution in [0.5, 0.6) is 5.75 Å². The molecule has 0 aliphatic carbocycles. The van der Waals surface area contributed by atoms with E-state index < -0.39 is 6.10 Å². The summed E-state index contributed by atoms with van der Waals surface area (Å²) in [4.78, 5) is 4.08. The van der Waals surface area contributed by atoms with E-state index in [2.05, 4.69) is 4.98 Å². The summed E-state index contributed by atoms with van der Waals surface area (Å²) in [5.41, 5.74) is 6.23. The van der Waals surface area contributed by atoms with Crippen molar-refractivity contribution in [1.82, 2.24) is 4.98 Å². The second-order valence-electron chi connectivity index (χ2n) is 3.72. The third kappa shape index (κ3) is 5.92. The van der Waals surface area contributed by atoms with E-state index in [1.54, 1.807) is 25.4 Å². The molecular formula is C12H20N2O4. The number of rotatable bonds is 9. The lowest BCUT2D eigenvalue weighted by atomic mass is 10.3. The molecule has 0 aliphatic heterocycles. The Labute approximate surface area is 107 Å². The van der Waals surface area contributed by atoms with Gasteiger partial charge in [-0.05, 0) is 12.1 Å². The van der Waals surface area contributed by atoms with Gasteiger partial charge >= 0.3 is 0 Å². The Bertz CT molecular complexity index is 318. The van der Waals surface area contributed by atoms with Crippen LogP contribution in [0.3, 0.4) is 0 Å². The molecule has 1 heterocycles. The van der Waals surface area contributed by atoms with Gasteiger partial charge in [-0.1, -0.05) is 0 Å². The number of hydrogen-bond donors (Lipinski definition) is 2. The van der Waals surface area contributed by atoms with E-state index in [9.17, 15) is 5.11 Å². The van der Waals surface area contributed by atoms with E-state index in [0.717, 1.165) is 5.69 Å². The number of nitrogens with two attached hydrogens (primary N) is 1. The molecular weight excluding hydrogens is 236 g/mol. The highest BCUT2D eigenvalue weighted by atomic mass is 16.5. The lowest BCUT2D eigenvalue weighted by Gasteiger charge is -2.12. The molecule has 0 radical (unpaired) electrons. The summed E-state index contributed by atoms with van der Waals surface area (Å²) in [5.74, 6) is 0.600. The molecule has 18 heavy (non-hydrogen) atoms. The summed E-state index contributed by atoms with van der Waals surface area (Å²) >= 11 is 0. The lowest BCUT2D eigenvalue weighted by Crippen LogP contribution is -2.24. The zero-order chi connectivity index (χ0) is 13.2. The second-order valence-corrected chi connectivity index (χ2v) is 3.72.